The number of hydrogen-bond donors (Lipinski definition) is 0. The van der Waals surface area contributed by atoms with Crippen LogP contribution in [0.4, 0.5) is 17.1 Å². The van der Waals surface area contributed by atoms with Crippen molar-refractivity contribution in [2.75, 3.05) is 19.1 Å². The molecule has 0 saturated carbocycles. The minimum atomic E-state index is 0.825. The van der Waals surface area contributed by atoms with E-state index in [1.54, 1.807) is 7.11 Å². The quantitative estimate of drug-likeness (QED) is 0.706. The molecule has 0 unspecified atom stereocenters. The SMILES string of the molecule is COc1ccc2c(c1)N=C(I)c1ccccc1N2C. The molecule has 0 aliphatic carbocycles. The minimum absolute atomic E-state index is 0.825. The number of aliphatic imine (C=N–C) groups is 1. The summed E-state index contributed by atoms with van der Waals surface area (Å²) >= 11 is 2.29. The second-order valence-corrected chi connectivity index (χ2v) is 5.36. The van der Waals surface area contributed by atoms with Gasteiger partial charge in [0, 0.05) is 18.7 Å². The molecule has 1 aliphatic rings. The molecule has 0 bridgehead atoms. The third-order valence-electron chi connectivity index (χ3n) is 3.25. The zero-order valence-electron chi connectivity index (χ0n) is 10.7. The van der Waals surface area contributed by atoms with E-state index in [1.807, 2.05) is 30.3 Å². The van der Waals surface area contributed by atoms with Crippen molar-refractivity contribution in [3.63, 3.8) is 0 Å². The van der Waals surface area contributed by atoms with Gasteiger partial charge in [-0.15, -0.1) is 0 Å². The van der Waals surface area contributed by atoms with Crippen LogP contribution >= 0.6 is 22.6 Å². The van der Waals surface area contributed by atoms with E-state index in [0.717, 1.165) is 26.4 Å². The molecule has 3 nitrogen and oxygen atoms in total. The number of ether oxygens (including phenoxy) is 1. The normalized spacial score (nSPS) is 13.2. The fourth-order valence-corrected chi connectivity index (χ4v) is 2.96. The smallest absolute Gasteiger partial charge is 0.121 e. The Morgan fingerprint density at radius 3 is 2.68 bits per heavy atom. The molecule has 0 spiro atoms. The standard InChI is InChI=1S/C15H13IN2O/c1-18-13-6-4-3-5-11(13)15(16)17-12-9-10(19-2)7-8-14(12)18/h3-9H,1-2H3. The number of nitrogens with zero attached hydrogens (tertiary/aromatic N) is 2. The number of rotatable bonds is 1. The monoisotopic (exact) mass is 364 g/mol. The summed E-state index contributed by atoms with van der Waals surface area (Å²) in [7, 11) is 3.74. The van der Waals surface area contributed by atoms with Gasteiger partial charge in [0.2, 0.25) is 0 Å². The van der Waals surface area contributed by atoms with E-state index in [2.05, 4.69) is 46.7 Å². The molecule has 1 aliphatic heterocycles. The molecule has 4 heteroatoms. The van der Waals surface area contributed by atoms with E-state index < -0.39 is 0 Å². The Balaban J connectivity index is 2.25. The molecule has 2 aromatic carbocycles. The first kappa shape index (κ1) is 12.5. The molecule has 3 rings (SSSR count). The summed E-state index contributed by atoms with van der Waals surface area (Å²) in [6, 6.07) is 14.3. The summed E-state index contributed by atoms with van der Waals surface area (Å²) in [5.41, 5.74) is 4.34. The maximum Gasteiger partial charge on any atom is 0.121 e. The van der Waals surface area contributed by atoms with Crippen LogP contribution in [0.15, 0.2) is 47.5 Å². The first-order chi connectivity index (χ1) is 9.20. The average molecular weight is 364 g/mol. The lowest BCUT2D eigenvalue weighted by Gasteiger charge is -2.21. The fourth-order valence-electron chi connectivity index (χ4n) is 2.24. The molecule has 96 valence electrons. The Kier molecular flexibility index (Phi) is 3.18. The van der Waals surface area contributed by atoms with Crippen LogP contribution in [0.3, 0.4) is 0 Å². The van der Waals surface area contributed by atoms with E-state index in [-0.39, 0.29) is 0 Å². The van der Waals surface area contributed by atoms with E-state index >= 15 is 0 Å². The van der Waals surface area contributed by atoms with Crippen molar-refractivity contribution in [1.29, 1.82) is 0 Å². The summed E-state index contributed by atoms with van der Waals surface area (Å²) in [6.45, 7) is 0. The maximum absolute atomic E-state index is 5.28. The van der Waals surface area contributed by atoms with Gasteiger partial charge >= 0.3 is 0 Å². The lowest BCUT2D eigenvalue weighted by molar-refractivity contribution is 0.415. The molecule has 0 aromatic heterocycles. The second kappa shape index (κ2) is 4.85. The maximum atomic E-state index is 5.28. The number of fused-ring (bicyclic) bond motifs is 2. The second-order valence-electron chi connectivity index (χ2n) is 4.33. The number of para-hydroxylation sites is 1. The third kappa shape index (κ3) is 2.10. The van der Waals surface area contributed by atoms with Crippen LogP contribution in [0.25, 0.3) is 0 Å². The van der Waals surface area contributed by atoms with Gasteiger partial charge in [0.15, 0.2) is 0 Å². The lowest BCUT2D eigenvalue weighted by Crippen LogP contribution is -2.11. The summed E-state index contributed by atoms with van der Waals surface area (Å²) in [5.74, 6) is 0.825. The van der Waals surface area contributed by atoms with Gasteiger partial charge in [-0.05, 0) is 40.8 Å². The van der Waals surface area contributed by atoms with Crippen LogP contribution in [0, 0.1) is 0 Å². The molecule has 0 atom stereocenters. The van der Waals surface area contributed by atoms with Crippen LogP contribution in [0.1, 0.15) is 5.56 Å². The van der Waals surface area contributed by atoms with Crippen molar-refractivity contribution in [3.8, 4) is 5.75 Å². The average Bonchev–Trinajstić information content (AvgIpc) is 2.55. The van der Waals surface area contributed by atoms with Crippen LogP contribution < -0.4 is 9.64 Å². The molecule has 0 fully saturated rings. The summed E-state index contributed by atoms with van der Waals surface area (Å²) in [5, 5.41) is 0. The number of benzene rings is 2. The highest BCUT2D eigenvalue weighted by molar-refractivity contribution is 14.1. The van der Waals surface area contributed by atoms with E-state index in [1.165, 1.54) is 5.69 Å². The molecule has 19 heavy (non-hydrogen) atoms. The minimum Gasteiger partial charge on any atom is -0.497 e. The van der Waals surface area contributed by atoms with Crippen molar-refractivity contribution in [3.05, 3.63) is 48.0 Å². The van der Waals surface area contributed by atoms with E-state index in [4.69, 9.17) is 9.73 Å². The molecule has 0 saturated heterocycles. The topological polar surface area (TPSA) is 24.8 Å². The number of hydrogen-bond acceptors (Lipinski definition) is 3. The highest BCUT2D eigenvalue weighted by Gasteiger charge is 2.19. The Labute approximate surface area is 126 Å². The Hall–Kier alpha value is -1.56. The largest absolute Gasteiger partial charge is 0.497 e. The van der Waals surface area contributed by atoms with Crippen LogP contribution in [-0.4, -0.2) is 17.9 Å². The molecule has 0 radical (unpaired) electrons. The fraction of sp³-hybridized carbons (Fsp3) is 0.133. The van der Waals surface area contributed by atoms with Crippen molar-refractivity contribution < 1.29 is 4.74 Å². The van der Waals surface area contributed by atoms with Gasteiger partial charge in [-0.2, -0.15) is 0 Å². The molecule has 0 N–H and O–H groups in total. The van der Waals surface area contributed by atoms with Crippen molar-refractivity contribution in [2.45, 2.75) is 0 Å². The molecule has 0 amide bonds. The molecule has 1 heterocycles. The van der Waals surface area contributed by atoms with Gasteiger partial charge in [0.25, 0.3) is 0 Å². The first-order valence-corrected chi connectivity index (χ1v) is 7.04. The number of methoxy groups -OCH3 is 1. The highest BCUT2D eigenvalue weighted by atomic mass is 127. The van der Waals surface area contributed by atoms with Crippen LogP contribution in [-0.2, 0) is 0 Å². The lowest BCUT2D eigenvalue weighted by atomic mass is 10.1. The Morgan fingerprint density at radius 2 is 1.89 bits per heavy atom. The zero-order valence-corrected chi connectivity index (χ0v) is 12.9. The Morgan fingerprint density at radius 1 is 1.11 bits per heavy atom. The predicted molar refractivity (Wildman–Crippen MR) is 87.7 cm³/mol. The Bertz CT molecular complexity index is 667. The van der Waals surface area contributed by atoms with Gasteiger partial charge in [-0.25, -0.2) is 4.99 Å². The molecule has 2 aromatic rings. The summed E-state index contributed by atoms with van der Waals surface area (Å²) < 4.78 is 6.27. The van der Waals surface area contributed by atoms with Gasteiger partial charge in [0.05, 0.1) is 24.2 Å². The molecular weight excluding hydrogens is 351 g/mol. The van der Waals surface area contributed by atoms with Crippen molar-refractivity contribution in [2.24, 2.45) is 4.99 Å². The highest BCUT2D eigenvalue weighted by Crippen LogP contribution is 2.40. The molecular formula is C15H13IN2O. The van der Waals surface area contributed by atoms with Crippen molar-refractivity contribution >= 4 is 43.4 Å². The third-order valence-corrected chi connectivity index (χ3v) is 4.07. The predicted octanol–water partition coefficient (Wildman–Crippen LogP) is 4.29. The zero-order chi connectivity index (χ0) is 13.4. The van der Waals surface area contributed by atoms with Gasteiger partial charge in [0.1, 0.15) is 9.47 Å². The summed E-state index contributed by atoms with van der Waals surface area (Å²) in [4.78, 5) is 6.89. The van der Waals surface area contributed by atoms with E-state index in [0.29, 0.717) is 0 Å². The number of anilines is 2. The van der Waals surface area contributed by atoms with Crippen LogP contribution in [0.2, 0.25) is 0 Å². The van der Waals surface area contributed by atoms with E-state index in [9.17, 15) is 0 Å². The van der Waals surface area contributed by atoms with Gasteiger partial charge < -0.3 is 9.64 Å². The van der Waals surface area contributed by atoms with Crippen molar-refractivity contribution in [1.82, 2.24) is 0 Å². The summed E-state index contributed by atoms with van der Waals surface area (Å²) in [6.07, 6.45) is 0. The van der Waals surface area contributed by atoms with Gasteiger partial charge in [-0.1, -0.05) is 18.2 Å². The van der Waals surface area contributed by atoms with Crippen LogP contribution in [0.5, 0.6) is 5.75 Å². The number of halogens is 1. The first-order valence-electron chi connectivity index (χ1n) is 5.96. The van der Waals surface area contributed by atoms with Gasteiger partial charge in [-0.3, -0.25) is 0 Å².